The summed E-state index contributed by atoms with van der Waals surface area (Å²) in [5, 5.41) is 9.50. The first-order chi connectivity index (χ1) is 14.2. The van der Waals surface area contributed by atoms with Crippen molar-refractivity contribution in [1.29, 1.82) is 0 Å². The van der Waals surface area contributed by atoms with E-state index in [0.29, 0.717) is 17.2 Å². The minimum absolute atomic E-state index is 0.109. The predicted octanol–water partition coefficient (Wildman–Crippen LogP) is 3.84. The molecule has 0 aliphatic carbocycles. The number of hydrogen-bond acceptors (Lipinski definition) is 5. The molecule has 0 radical (unpaired) electrons. The molecule has 1 unspecified atom stereocenters. The number of nitrogens with zero attached hydrogens (tertiary/aromatic N) is 4. The van der Waals surface area contributed by atoms with Crippen LogP contribution in [0.3, 0.4) is 0 Å². The molecule has 4 rings (SSSR count). The standard InChI is InChI=1S/C22H27N7O/c1-6-12(2)26-21(30)16-9-13-7-8-14(10-15(13)27-16)18-17-19(23)24-11-25-20(17)29(28-18)22(3,4)5/h7-12,27H,6H2,1-5H3,(H,26,30)(H2,23,24,25). The van der Waals surface area contributed by atoms with Crippen molar-refractivity contribution in [2.45, 2.75) is 52.6 Å². The molecule has 1 atom stereocenters. The van der Waals surface area contributed by atoms with Crippen LogP contribution in [0.5, 0.6) is 0 Å². The van der Waals surface area contributed by atoms with Crippen LogP contribution in [0.4, 0.5) is 5.82 Å². The van der Waals surface area contributed by atoms with E-state index >= 15 is 0 Å². The van der Waals surface area contributed by atoms with E-state index < -0.39 is 0 Å². The second-order valence-electron chi connectivity index (χ2n) is 8.66. The Hall–Kier alpha value is -3.42. The number of amides is 1. The van der Waals surface area contributed by atoms with Gasteiger partial charge in [0.05, 0.1) is 10.9 Å². The van der Waals surface area contributed by atoms with Crippen LogP contribution in [-0.4, -0.2) is 36.7 Å². The highest BCUT2D eigenvalue weighted by Gasteiger charge is 2.24. The number of hydrogen-bond donors (Lipinski definition) is 3. The number of nitrogens with two attached hydrogens (primary N) is 1. The van der Waals surface area contributed by atoms with Crippen molar-refractivity contribution in [3.63, 3.8) is 0 Å². The van der Waals surface area contributed by atoms with Crippen LogP contribution in [0.2, 0.25) is 0 Å². The summed E-state index contributed by atoms with van der Waals surface area (Å²) >= 11 is 0. The van der Waals surface area contributed by atoms with Gasteiger partial charge in [0.1, 0.15) is 23.5 Å². The summed E-state index contributed by atoms with van der Waals surface area (Å²) in [6, 6.07) is 7.92. The van der Waals surface area contributed by atoms with E-state index in [1.54, 1.807) is 0 Å². The average Bonchev–Trinajstić information content (AvgIpc) is 3.29. The lowest BCUT2D eigenvalue weighted by molar-refractivity contribution is 0.0935. The van der Waals surface area contributed by atoms with Crippen LogP contribution in [0, 0.1) is 0 Å². The molecule has 1 aromatic carbocycles. The van der Waals surface area contributed by atoms with Crippen molar-refractivity contribution >= 4 is 33.7 Å². The third-order valence-electron chi connectivity index (χ3n) is 5.26. The molecular weight excluding hydrogens is 378 g/mol. The van der Waals surface area contributed by atoms with E-state index in [2.05, 4.69) is 41.0 Å². The summed E-state index contributed by atoms with van der Waals surface area (Å²) in [4.78, 5) is 24.3. The number of aromatic amines is 1. The quantitative estimate of drug-likeness (QED) is 0.477. The Morgan fingerprint density at radius 1 is 1.27 bits per heavy atom. The molecule has 3 heterocycles. The number of benzene rings is 1. The van der Waals surface area contributed by atoms with Crippen LogP contribution in [-0.2, 0) is 5.54 Å². The topological polar surface area (TPSA) is 115 Å². The minimum atomic E-state index is -0.269. The number of H-pyrrole nitrogens is 1. The van der Waals surface area contributed by atoms with Gasteiger partial charge >= 0.3 is 0 Å². The Balaban J connectivity index is 1.82. The van der Waals surface area contributed by atoms with Crippen molar-refractivity contribution in [2.75, 3.05) is 5.73 Å². The van der Waals surface area contributed by atoms with Gasteiger partial charge in [0.2, 0.25) is 0 Å². The largest absolute Gasteiger partial charge is 0.383 e. The summed E-state index contributed by atoms with van der Waals surface area (Å²) in [6.45, 7) is 10.2. The Bertz CT molecular complexity index is 1250. The summed E-state index contributed by atoms with van der Waals surface area (Å²) in [5.74, 6) is 0.285. The van der Waals surface area contributed by atoms with Crippen molar-refractivity contribution in [1.82, 2.24) is 30.0 Å². The summed E-state index contributed by atoms with van der Waals surface area (Å²) in [7, 11) is 0. The van der Waals surface area contributed by atoms with Gasteiger partial charge in [0, 0.05) is 22.5 Å². The maximum absolute atomic E-state index is 12.5. The maximum Gasteiger partial charge on any atom is 0.267 e. The highest BCUT2D eigenvalue weighted by molar-refractivity contribution is 6.02. The van der Waals surface area contributed by atoms with Crippen LogP contribution in [0.1, 0.15) is 51.5 Å². The van der Waals surface area contributed by atoms with Crippen LogP contribution in [0.15, 0.2) is 30.6 Å². The average molecular weight is 406 g/mol. The number of anilines is 1. The molecule has 8 heteroatoms. The Labute approximate surface area is 174 Å². The molecule has 0 aliphatic rings. The highest BCUT2D eigenvalue weighted by atomic mass is 16.1. The zero-order valence-electron chi connectivity index (χ0n) is 17.9. The van der Waals surface area contributed by atoms with Gasteiger partial charge < -0.3 is 16.0 Å². The normalized spacial score (nSPS) is 13.1. The van der Waals surface area contributed by atoms with Crippen molar-refractivity contribution in [2.24, 2.45) is 0 Å². The number of nitrogens with one attached hydrogen (secondary N) is 2. The molecule has 30 heavy (non-hydrogen) atoms. The van der Waals surface area contributed by atoms with Gasteiger partial charge in [0.15, 0.2) is 5.65 Å². The number of aromatic nitrogens is 5. The van der Waals surface area contributed by atoms with Gasteiger partial charge in [0.25, 0.3) is 5.91 Å². The van der Waals surface area contributed by atoms with Gasteiger partial charge in [-0.1, -0.05) is 19.1 Å². The summed E-state index contributed by atoms with van der Waals surface area (Å²) in [6.07, 6.45) is 2.34. The third-order valence-corrected chi connectivity index (χ3v) is 5.26. The SMILES string of the molecule is CCC(C)NC(=O)c1cc2ccc(-c3nn(C(C)(C)C)c4ncnc(N)c34)cc2[nH]1. The number of nitrogen functional groups attached to an aromatic ring is 1. The smallest absolute Gasteiger partial charge is 0.267 e. The van der Waals surface area contributed by atoms with E-state index in [0.717, 1.165) is 34.0 Å². The van der Waals surface area contributed by atoms with E-state index in [9.17, 15) is 4.79 Å². The molecule has 0 bridgehead atoms. The minimum Gasteiger partial charge on any atom is -0.383 e. The van der Waals surface area contributed by atoms with Gasteiger partial charge in [-0.25, -0.2) is 14.6 Å². The molecule has 3 aromatic heterocycles. The van der Waals surface area contributed by atoms with Crippen molar-refractivity contribution in [3.05, 3.63) is 36.3 Å². The lowest BCUT2D eigenvalue weighted by atomic mass is 10.1. The van der Waals surface area contributed by atoms with Gasteiger partial charge in [-0.3, -0.25) is 4.79 Å². The molecule has 8 nitrogen and oxygen atoms in total. The second-order valence-corrected chi connectivity index (χ2v) is 8.66. The fraction of sp³-hybridized carbons (Fsp3) is 0.364. The summed E-state index contributed by atoms with van der Waals surface area (Å²) in [5.41, 5.74) is 9.63. The molecule has 0 saturated carbocycles. The third kappa shape index (κ3) is 3.38. The van der Waals surface area contributed by atoms with E-state index in [4.69, 9.17) is 10.8 Å². The van der Waals surface area contributed by atoms with Crippen molar-refractivity contribution in [3.8, 4) is 11.3 Å². The van der Waals surface area contributed by atoms with Gasteiger partial charge in [-0.05, 0) is 46.2 Å². The fourth-order valence-corrected chi connectivity index (χ4v) is 3.44. The molecule has 156 valence electrons. The fourth-order valence-electron chi connectivity index (χ4n) is 3.44. The number of fused-ring (bicyclic) bond motifs is 2. The molecule has 0 spiro atoms. The van der Waals surface area contributed by atoms with Crippen LogP contribution in [0.25, 0.3) is 33.2 Å². The van der Waals surface area contributed by atoms with Crippen molar-refractivity contribution < 1.29 is 4.79 Å². The first-order valence-electron chi connectivity index (χ1n) is 10.1. The van der Waals surface area contributed by atoms with E-state index in [1.165, 1.54) is 6.33 Å². The summed E-state index contributed by atoms with van der Waals surface area (Å²) < 4.78 is 1.87. The Morgan fingerprint density at radius 2 is 2.03 bits per heavy atom. The number of carbonyl (C=O) groups excluding carboxylic acids is 1. The maximum atomic E-state index is 12.5. The highest BCUT2D eigenvalue weighted by Crippen LogP contribution is 2.34. The first-order valence-corrected chi connectivity index (χ1v) is 10.1. The van der Waals surface area contributed by atoms with Gasteiger partial charge in [-0.15, -0.1) is 0 Å². The van der Waals surface area contributed by atoms with E-state index in [1.807, 2.05) is 42.8 Å². The molecular formula is C22H27N7O. The first kappa shape index (κ1) is 19.9. The number of carbonyl (C=O) groups is 1. The molecule has 1 amide bonds. The van der Waals surface area contributed by atoms with E-state index in [-0.39, 0.29) is 17.5 Å². The Kier molecular flexibility index (Phi) is 4.72. The monoisotopic (exact) mass is 405 g/mol. The molecule has 0 aliphatic heterocycles. The lowest BCUT2D eigenvalue weighted by Crippen LogP contribution is -2.32. The predicted molar refractivity (Wildman–Crippen MR) is 119 cm³/mol. The number of rotatable bonds is 4. The zero-order valence-corrected chi connectivity index (χ0v) is 17.9. The molecule has 4 aromatic rings. The molecule has 0 fully saturated rings. The lowest BCUT2D eigenvalue weighted by Gasteiger charge is -2.19. The second kappa shape index (κ2) is 7.12. The van der Waals surface area contributed by atoms with Gasteiger partial charge in [-0.2, -0.15) is 5.10 Å². The molecule has 0 saturated heterocycles. The Morgan fingerprint density at radius 3 is 2.73 bits per heavy atom. The van der Waals surface area contributed by atoms with Crippen LogP contribution >= 0.6 is 0 Å². The molecule has 4 N–H and O–H groups in total. The zero-order chi connectivity index (χ0) is 21.6. The van der Waals surface area contributed by atoms with Crippen LogP contribution < -0.4 is 11.1 Å².